The minimum Gasteiger partial charge on any atom is -0.481 e. The zero-order chi connectivity index (χ0) is 31.9. The van der Waals surface area contributed by atoms with Crippen molar-refractivity contribution in [2.45, 2.75) is 96.9 Å². The summed E-state index contributed by atoms with van der Waals surface area (Å²) in [5.41, 5.74) is 8.74. The average molecular weight is 623 g/mol. The van der Waals surface area contributed by atoms with Crippen LogP contribution in [-0.4, -0.2) is 67.7 Å². The number of nitrogens with zero attached hydrogens (tertiary/aromatic N) is 1. The first-order valence-corrected chi connectivity index (χ1v) is 16.5. The van der Waals surface area contributed by atoms with Crippen LogP contribution in [0.5, 0.6) is 0 Å². The minimum absolute atomic E-state index is 0.0111. The van der Waals surface area contributed by atoms with Gasteiger partial charge in [-0.05, 0) is 74.0 Å². The van der Waals surface area contributed by atoms with Gasteiger partial charge in [-0.25, -0.2) is 0 Å². The molecule has 10 nitrogen and oxygen atoms in total. The maximum Gasteiger partial charge on any atom is 0.303 e. The number of thioether (sulfide) groups is 1. The second-order valence-corrected chi connectivity index (χ2v) is 13.7. The molecule has 5 atom stereocenters. The molecule has 2 fully saturated rings. The standard InChI is InChI=1S/C33H42N4O6S/c1-6-19-15(2)24(36-33(19)43)11-22-16(3)20(7-9-29(38)39)25(34-22)13-26-21(8-10-30(40)41)17(4)23(35-26)12-27-31(28-14-44-28)18(5)32(42)37-27/h11,18,25,27-28,31,35H,6-10,12-14H2,1-5H3,(H,36,43)(H,37,42)(H,38,39)(H,40,41)/b24-11-/t18-,25?,27?,28-,31-/m1/s1. The topological polar surface area (TPSA) is 161 Å². The summed E-state index contributed by atoms with van der Waals surface area (Å²) in [4.78, 5) is 56.8. The van der Waals surface area contributed by atoms with Gasteiger partial charge in [0.05, 0.1) is 11.8 Å². The summed E-state index contributed by atoms with van der Waals surface area (Å²) in [6.45, 7) is 9.81. The first-order chi connectivity index (χ1) is 20.9. The molecule has 0 radical (unpaired) electrons. The Labute approximate surface area is 261 Å². The molecule has 2 amide bonds. The molecule has 0 spiro atoms. The number of aliphatic imine (C=N–C) groups is 1. The van der Waals surface area contributed by atoms with Crippen molar-refractivity contribution < 1.29 is 29.4 Å². The molecule has 4 aliphatic heterocycles. The third-order valence-electron chi connectivity index (χ3n) is 9.74. The Bertz CT molecular complexity index is 1530. The van der Waals surface area contributed by atoms with Crippen molar-refractivity contribution in [1.29, 1.82) is 0 Å². The van der Waals surface area contributed by atoms with Gasteiger partial charge in [-0.1, -0.05) is 13.8 Å². The smallest absolute Gasteiger partial charge is 0.303 e. The highest BCUT2D eigenvalue weighted by atomic mass is 32.2. The summed E-state index contributed by atoms with van der Waals surface area (Å²) in [6.07, 6.45) is 4.26. The number of carbonyl (C=O) groups is 4. The summed E-state index contributed by atoms with van der Waals surface area (Å²) in [6, 6.07) is -0.318. The van der Waals surface area contributed by atoms with Gasteiger partial charge in [0.25, 0.3) is 5.91 Å². The fourth-order valence-electron chi connectivity index (χ4n) is 7.10. The summed E-state index contributed by atoms with van der Waals surface area (Å²) >= 11 is 1.89. The van der Waals surface area contributed by atoms with Crippen LogP contribution in [0.25, 0.3) is 0 Å². The van der Waals surface area contributed by atoms with Gasteiger partial charge in [-0.2, -0.15) is 11.8 Å². The summed E-state index contributed by atoms with van der Waals surface area (Å²) in [7, 11) is 0. The van der Waals surface area contributed by atoms with Gasteiger partial charge in [0.2, 0.25) is 5.91 Å². The van der Waals surface area contributed by atoms with E-state index < -0.39 is 11.9 Å². The van der Waals surface area contributed by atoms with Gasteiger partial charge in [-0.15, -0.1) is 0 Å². The highest BCUT2D eigenvalue weighted by Crippen LogP contribution is 2.45. The predicted molar refractivity (Wildman–Crippen MR) is 170 cm³/mol. The lowest BCUT2D eigenvalue weighted by Crippen LogP contribution is -2.33. The lowest BCUT2D eigenvalue weighted by molar-refractivity contribution is -0.138. The molecule has 0 bridgehead atoms. The molecule has 236 valence electrons. The first-order valence-electron chi connectivity index (χ1n) is 15.4. The molecule has 5 rings (SSSR count). The Morgan fingerprint density at radius 3 is 2.32 bits per heavy atom. The quantitative estimate of drug-likeness (QED) is 0.208. The Morgan fingerprint density at radius 2 is 1.70 bits per heavy atom. The maximum atomic E-state index is 12.6. The summed E-state index contributed by atoms with van der Waals surface area (Å²) < 4.78 is 0. The number of hydrogen-bond donors (Lipinski definition) is 5. The molecule has 5 N–H and O–H groups in total. The predicted octanol–water partition coefficient (Wildman–Crippen LogP) is 4.04. The van der Waals surface area contributed by atoms with E-state index in [-0.39, 0.29) is 48.6 Å². The second-order valence-electron chi connectivity index (χ2n) is 12.4. The van der Waals surface area contributed by atoms with Crippen LogP contribution in [-0.2, 0) is 38.4 Å². The molecule has 44 heavy (non-hydrogen) atoms. The Hall–Kier alpha value is -3.60. The van der Waals surface area contributed by atoms with E-state index in [1.165, 1.54) is 0 Å². The molecule has 2 saturated heterocycles. The number of nitrogens with one attached hydrogen (secondary N) is 3. The maximum absolute atomic E-state index is 12.6. The number of H-pyrrole nitrogens is 1. The number of carboxylic acids is 2. The molecule has 1 aromatic heterocycles. The Balaban J connectivity index is 1.47. The van der Waals surface area contributed by atoms with Crippen molar-refractivity contribution in [3.05, 3.63) is 56.6 Å². The molecule has 11 heteroatoms. The molecule has 0 aliphatic carbocycles. The molecule has 1 aromatic rings. The van der Waals surface area contributed by atoms with Crippen molar-refractivity contribution in [1.82, 2.24) is 15.6 Å². The van der Waals surface area contributed by atoms with Crippen molar-refractivity contribution in [3.8, 4) is 0 Å². The number of carbonyl (C=O) groups excluding carboxylic acids is 2. The van der Waals surface area contributed by atoms with Gasteiger partial charge in [0.15, 0.2) is 0 Å². The van der Waals surface area contributed by atoms with E-state index in [4.69, 9.17) is 4.99 Å². The number of amides is 2. The SMILES string of the molecule is CCC1=C(C)/C(=C/C2=NC(Cc3[nH]c(CC4NC(=O)[C@H](C)[C@H]4[C@H]4CS4)c(C)c3CCC(=O)O)C(CCC(=O)O)=C2C)NC1=O. The number of aliphatic carboxylic acids is 2. The molecule has 5 heterocycles. The highest BCUT2D eigenvalue weighted by molar-refractivity contribution is 8.06. The lowest BCUT2D eigenvalue weighted by Gasteiger charge is -2.20. The third kappa shape index (κ3) is 6.43. The second kappa shape index (κ2) is 12.8. The summed E-state index contributed by atoms with van der Waals surface area (Å²) in [5, 5.41) is 25.6. The molecular formula is C33H42N4O6S. The number of carboxylic acid groups (broad SMARTS) is 2. The van der Waals surface area contributed by atoms with E-state index in [2.05, 4.69) is 15.6 Å². The number of allylic oxidation sites excluding steroid dienone is 3. The van der Waals surface area contributed by atoms with E-state index in [1.54, 1.807) is 0 Å². The number of hydrogen-bond acceptors (Lipinski definition) is 6. The first kappa shape index (κ1) is 31.8. The van der Waals surface area contributed by atoms with Crippen LogP contribution >= 0.6 is 11.8 Å². The van der Waals surface area contributed by atoms with Gasteiger partial charge in [-0.3, -0.25) is 24.2 Å². The van der Waals surface area contributed by atoms with Crippen molar-refractivity contribution in [2.24, 2.45) is 16.8 Å². The molecule has 4 aliphatic rings. The van der Waals surface area contributed by atoms with Crippen LogP contribution in [0.15, 0.2) is 39.1 Å². The van der Waals surface area contributed by atoms with E-state index in [0.717, 1.165) is 50.6 Å². The van der Waals surface area contributed by atoms with E-state index in [0.29, 0.717) is 48.8 Å². The number of rotatable bonds is 13. The fourth-order valence-corrected chi connectivity index (χ4v) is 8.08. The zero-order valence-corrected chi connectivity index (χ0v) is 26.8. The molecule has 2 unspecified atom stereocenters. The average Bonchev–Trinajstić information content (AvgIpc) is 3.53. The highest BCUT2D eigenvalue weighted by Gasteiger charge is 2.48. The molecule has 0 saturated carbocycles. The van der Waals surface area contributed by atoms with Gasteiger partial charge < -0.3 is 25.8 Å². The monoisotopic (exact) mass is 622 g/mol. The third-order valence-corrected chi connectivity index (χ3v) is 10.8. The van der Waals surface area contributed by atoms with E-state index in [9.17, 15) is 29.4 Å². The minimum atomic E-state index is -0.887. The van der Waals surface area contributed by atoms with E-state index in [1.807, 2.05) is 52.5 Å². The van der Waals surface area contributed by atoms with Crippen molar-refractivity contribution in [2.75, 3.05) is 5.75 Å². The van der Waals surface area contributed by atoms with Crippen molar-refractivity contribution >= 4 is 41.2 Å². The largest absolute Gasteiger partial charge is 0.481 e. The van der Waals surface area contributed by atoms with Crippen LogP contribution in [0.4, 0.5) is 0 Å². The van der Waals surface area contributed by atoms with Crippen LogP contribution in [0, 0.1) is 18.8 Å². The summed E-state index contributed by atoms with van der Waals surface area (Å²) in [5.74, 6) is -0.493. The number of aromatic nitrogens is 1. The lowest BCUT2D eigenvalue weighted by atomic mass is 9.86. The van der Waals surface area contributed by atoms with Crippen molar-refractivity contribution in [3.63, 3.8) is 0 Å². The molecular weight excluding hydrogens is 580 g/mol. The normalized spacial score (nSPS) is 27.3. The fraction of sp³-hybridized carbons (Fsp3) is 0.545. The molecule has 0 aromatic carbocycles. The number of aromatic amines is 1. The van der Waals surface area contributed by atoms with Gasteiger partial charge >= 0.3 is 11.9 Å². The van der Waals surface area contributed by atoms with Gasteiger partial charge in [0.1, 0.15) is 0 Å². The van der Waals surface area contributed by atoms with E-state index >= 15 is 0 Å². The van der Waals surface area contributed by atoms with Crippen LogP contribution in [0.2, 0.25) is 0 Å². The van der Waals surface area contributed by atoms with Gasteiger partial charge in [0, 0.05) is 77.2 Å². The zero-order valence-electron chi connectivity index (χ0n) is 26.0. The van der Waals surface area contributed by atoms with Crippen LogP contribution in [0.1, 0.15) is 75.9 Å². The van der Waals surface area contributed by atoms with Crippen LogP contribution < -0.4 is 10.6 Å². The Morgan fingerprint density at radius 1 is 1.02 bits per heavy atom. The van der Waals surface area contributed by atoms with Crippen LogP contribution in [0.3, 0.4) is 0 Å². The Kier molecular flexibility index (Phi) is 9.25.